The molecule has 2 amide bonds. The third-order valence-electron chi connectivity index (χ3n) is 5.20. The lowest BCUT2D eigenvalue weighted by molar-refractivity contribution is -0.0222. The van der Waals surface area contributed by atoms with Crippen molar-refractivity contribution in [3.05, 3.63) is 58.6 Å². The van der Waals surface area contributed by atoms with Crippen molar-refractivity contribution in [3.8, 4) is 0 Å². The number of nitrogens with one attached hydrogen (secondary N) is 2. The zero-order chi connectivity index (χ0) is 22.0. The maximum atomic E-state index is 13.1. The van der Waals surface area contributed by atoms with E-state index in [1.165, 1.54) is 11.3 Å². The third-order valence-corrected chi connectivity index (χ3v) is 6.38. The number of carbonyl (C=O) groups excluding carboxylic acids is 2. The van der Waals surface area contributed by atoms with Crippen LogP contribution in [0.25, 0.3) is 10.1 Å². The van der Waals surface area contributed by atoms with Crippen molar-refractivity contribution >= 4 is 39.1 Å². The topological polar surface area (TPSA) is 83.6 Å². The van der Waals surface area contributed by atoms with Crippen LogP contribution >= 0.6 is 11.3 Å². The van der Waals surface area contributed by atoms with Crippen LogP contribution in [0.3, 0.4) is 0 Å². The highest BCUT2D eigenvalue weighted by Crippen LogP contribution is 2.38. The molecule has 2 N–H and O–H groups in total. The number of benzene rings is 1. The molecule has 0 spiro atoms. The lowest BCUT2D eigenvalue weighted by Gasteiger charge is -2.33. The van der Waals surface area contributed by atoms with Crippen molar-refractivity contribution in [3.63, 3.8) is 0 Å². The molecule has 2 aromatic heterocycles. The molecule has 4 rings (SSSR count). The van der Waals surface area contributed by atoms with Gasteiger partial charge in [-0.05, 0) is 37.4 Å². The summed E-state index contributed by atoms with van der Waals surface area (Å²) in [6, 6.07) is 11.4. The van der Waals surface area contributed by atoms with Crippen LogP contribution in [0.5, 0.6) is 0 Å². The van der Waals surface area contributed by atoms with E-state index in [-0.39, 0.29) is 24.0 Å². The Balaban J connectivity index is 1.66. The number of nitrogens with zero attached hydrogens (tertiary/aromatic N) is 2. The van der Waals surface area contributed by atoms with Gasteiger partial charge in [0.15, 0.2) is 0 Å². The molecule has 7 nitrogen and oxygen atoms in total. The van der Waals surface area contributed by atoms with Crippen molar-refractivity contribution in [2.75, 3.05) is 32.1 Å². The fourth-order valence-corrected chi connectivity index (χ4v) is 4.93. The molecule has 0 unspecified atom stereocenters. The first kappa shape index (κ1) is 21.3. The van der Waals surface area contributed by atoms with Gasteiger partial charge in [0, 0.05) is 41.7 Å². The minimum atomic E-state index is -0.368. The number of hydrogen-bond donors (Lipinski definition) is 2. The van der Waals surface area contributed by atoms with E-state index < -0.39 is 0 Å². The molecule has 1 fully saturated rings. The van der Waals surface area contributed by atoms with Crippen molar-refractivity contribution < 1.29 is 14.3 Å². The maximum Gasteiger partial charge on any atom is 0.261 e. The normalized spacial score (nSPS) is 16.5. The Hall–Kier alpha value is -2.97. The minimum absolute atomic E-state index is 0.0315. The van der Waals surface area contributed by atoms with Gasteiger partial charge >= 0.3 is 0 Å². The highest BCUT2D eigenvalue weighted by molar-refractivity contribution is 7.21. The number of aromatic nitrogens is 1. The molecule has 1 atom stereocenters. The van der Waals surface area contributed by atoms with E-state index in [9.17, 15) is 9.59 Å². The zero-order valence-electron chi connectivity index (χ0n) is 17.8. The van der Waals surface area contributed by atoms with E-state index in [0.717, 1.165) is 15.6 Å². The molecule has 1 aliphatic rings. The van der Waals surface area contributed by atoms with Crippen molar-refractivity contribution in [2.45, 2.75) is 26.0 Å². The second kappa shape index (κ2) is 9.03. The number of pyridine rings is 1. The molecule has 8 heteroatoms. The predicted molar refractivity (Wildman–Crippen MR) is 123 cm³/mol. The van der Waals surface area contributed by atoms with Crippen molar-refractivity contribution in [1.82, 2.24) is 15.2 Å². The van der Waals surface area contributed by atoms with Gasteiger partial charge in [0.25, 0.3) is 11.8 Å². The van der Waals surface area contributed by atoms with Crippen LogP contribution < -0.4 is 10.6 Å². The quantitative estimate of drug-likeness (QED) is 0.635. The Morgan fingerprint density at radius 3 is 2.84 bits per heavy atom. The van der Waals surface area contributed by atoms with Crippen LogP contribution in [-0.2, 0) is 4.74 Å². The van der Waals surface area contributed by atoms with Gasteiger partial charge in [-0.2, -0.15) is 0 Å². The molecule has 0 aliphatic carbocycles. The highest BCUT2D eigenvalue weighted by Gasteiger charge is 2.32. The second-order valence-electron chi connectivity index (χ2n) is 7.76. The van der Waals surface area contributed by atoms with Crippen LogP contribution in [-0.4, -0.2) is 54.5 Å². The number of rotatable bonds is 5. The Morgan fingerprint density at radius 1 is 1.26 bits per heavy atom. The van der Waals surface area contributed by atoms with Crippen LogP contribution in [0.4, 0.5) is 5.82 Å². The molecule has 0 saturated carbocycles. The van der Waals surface area contributed by atoms with Crippen LogP contribution in [0.15, 0.2) is 42.6 Å². The first-order valence-electron chi connectivity index (χ1n) is 10.3. The highest BCUT2D eigenvalue weighted by atomic mass is 32.1. The third kappa shape index (κ3) is 4.40. The Bertz CT molecular complexity index is 1110. The largest absolute Gasteiger partial charge is 0.373 e. The number of anilines is 1. The van der Waals surface area contributed by atoms with E-state index in [1.807, 2.05) is 38.1 Å². The summed E-state index contributed by atoms with van der Waals surface area (Å²) >= 11 is 1.47. The van der Waals surface area contributed by atoms with Gasteiger partial charge < -0.3 is 20.3 Å². The molecular formula is C23H26N4O3S. The first-order valence-corrected chi connectivity index (χ1v) is 11.2. The number of amides is 2. The number of morpholine rings is 1. The molecule has 0 bridgehead atoms. The standard InChI is InChI=1S/C23H26N4O3S/c1-14(2)26-22(28)21-20(16-6-4-5-7-18(16)31-21)17-13-27(10-11-30-17)23(29)15-8-9-25-19(12-15)24-3/h4-9,12,14,17H,10-11,13H2,1-3H3,(H,24,25)(H,26,28)/t17-/m0/s1. The number of ether oxygens (including phenoxy) is 1. The Kier molecular flexibility index (Phi) is 6.20. The molecule has 31 heavy (non-hydrogen) atoms. The monoisotopic (exact) mass is 438 g/mol. The average molecular weight is 439 g/mol. The van der Waals surface area contributed by atoms with Gasteiger partial charge in [-0.1, -0.05) is 18.2 Å². The Morgan fingerprint density at radius 2 is 2.06 bits per heavy atom. The van der Waals surface area contributed by atoms with E-state index >= 15 is 0 Å². The number of carbonyl (C=O) groups is 2. The number of thiophene rings is 1. The van der Waals surface area contributed by atoms with Gasteiger partial charge in [0.1, 0.15) is 11.9 Å². The fourth-order valence-electron chi connectivity index (χ4n) is 3.77. The zero-order valence-corrected chi connectivity index (χ0v) is 18.7. The molecule has 0 radical (unpaired) electrons. The molecule has 1 aliphatic heterocycles. The van der Waals surface area contributed by atoms with Crippen LogP contribution in [0.2, 0.25) is 0 Å². The predicted octanol–water partition coefficient (Wildman–Crippen LogP) is 3.69. The fraction of sp³-hybridized carbons (Fsp3) is 0.348. The molecule has 1 saturated heterocycles. The SMILES string of the molecule is CNc1cc(C(=O)N2CCO[C@H](c3c(C(=O)NC(C)C)sc4ccccc34)C2)ccn1. The van der Waals surface area contributed by atoms with Gasteiger partial charge in [-0.25, -0.2) is 4.98 Å². The summed E-state index contributed by atoms with van der Waals surface area (Å²) in [5.74, 6) is 0.470. The van der Waals surface area contributed by atoms with Gasteiger partial charge in [-0.3, -0.25) is 9.59 Å². The van der Waals surface area contributed by atoms with Gasteiger partial charge in [-0.15, -0.1) is 11.3 Å². The summed E-state index contributed by atoms with van der Waals surface area (Å²) in [4.78, 5) is 32.7. The van der Waals surface area contributed by atoms with Gasteiger partial charge in [0.05, 0.1) is 18.0 Å². The summed E-state index contributed by atoms with van der Waals surface area (Å²) in [6.45, 7) is 5.18. The lowest BCUT2D eigenvalue weighted by Crippen LogP contribution is -2.42. The first-order chi connectivity index (χ1) is 15.0. The summed E-state index contributed by atoms with van der Waals surface area (Å²) in [7, 11) is 1.77. The number of fused-ring (bicyclic) bond motifs is 1. The molecule has 3 heterocycles. The van der Waals surface area contributed by atoms with Crippen molar-refractivity contribution in [1.29, 1.82) is 0 Å². The minimum Gasteiger partial charge on any atom is -0.373 e. The summed E-state index contributed by atoms with van der Waals surface area (Å²) in [6.07, 6.45) is 1.25. The summed E-state index contributed by atoms with van der Waals surface area (Å²) in [5, 5.41) is 6.96. The van der Waals surface area contributed by atoms with E-state index in [1.54, 1.807) is 30.3 Å². The van der Waals surface area contributed by atoms with Crippen LogP contribution in [0.1, 0.15) is 45.5 Å². The van der Waals surface area contributed by atoms with Crippen LogP contribution in [0, 0.1) is 0 Å². The molecular weight excluding hydrogens is 412 g/mol. The summed E-state index contributed by atoms with van der Waals surface area (Å²) < 4.78 is 7.13. The lowest BCUT2D eigenvalue weighted by atomic mass is 10.0. The van der Waals surface area contributed by atoms with E-state index in [0.29, 0.717) is 36.0 Å². The molecule has 1 aromatic carbocycles. The maximum absolute atomic E-state index is 13.1. The number of hydrogen-bond acceptors (Lipinski definition) is 6. The van der Waals surface area contributed by atoms with Gasteiger partial charge in [0.2, 0.25) is 0 Å². The van der Waals surface area contributed by atoms with E-state index in [2.05, 4.69) is 15.6 Å². The summed E-state index contributed by atoms with van der Waals surface area (Å²) in [5.41, 5.74) is 1.44. The second-order valence-corrected chi connectivity index (χ2v) is 8.81. The molecule has 3 aromatic rings. The van der Waals surface area contributed by atoms with E-state index in [4.69, 9.17) is 4.74 Å². The smallest absolute Gasteiger partial charge is 0.261 e. The average Bonchev–Trinajstić information content (AvgIpc) is 3.18. The van der Waals surface area contributed by atoms with Crippen molar-refractivity contribution in [2.24, 2.45) is 0 Å². The Labute approximate surface area is 185 Å². The molecule has 162 valence electrons.